The van der Waals surface area contributed by atoms with Gasteiger partial charge in [0, 0.05) is 35.9 Å². The molecule has 1 fully saturated rings. The Morgan fingerprint density at radius 2 is 2.00 bits per heavy atom. The molecule has 0 aliphatic carbocycles. The van der Waals surface area contributed by atoms with E-state index in [-0.39, 0.29) is 12.1 Å². The summed E-state index contributed by atoms with van der Waals surface area (Å²) in [6.07, 6.45) is -0.557. The second-order valence-corrected chi connectivity index (χ2v) is 5.36. The largest absolute Gasteiger partial charge is 0.390 e. The van der Waals surface area contributed by atoms with E-state index in [1.54, 1.807) is 25.2 Å². The number of halogens is 2. The molecule has 0 radical (unpaired) electrons. The number of carbonyl (C=O) groups is 1. The van der Waals surface area contributed by atoms with Crippen LogP contribution in [0.15, 0.2) is 18.2 Å². The third-order valence-corrected chi connectivity index (χ3v) is 3.52. The second kappa shape index (κ2) is 5.96. The quantitative estimate of drug-likeness (QED) is 0.780. The molecule has 5 nitrogen and oxygen atoms in total. The lowest BCUT2D eigenvalue weighted by Crippen LogP contribution is -2.46. The number of likely N-dealkylation sites (N-methyl/N-ethyl adjacent to an activating group) is 1. The van der Waals surface area contributed by atoms with Crippen LogP contribution in [0.1, 0.15) is 0 Å². The summed E-state index contributed by atoms with van der Waals surface area (Å²) in [5.41, 5.74) is 0.523. The maximum Gasteiger partial charge on any atom is 0.321 e. The third kappa shape index (κ3) is 3.51. The van der Waals surface area contributed by atoms with Crippen molar-refractivity contribution in [2.75, 3.05) is 25.5 Å². The van der Waals surface area contributed by atoms with Crippen LogP contribution < -0.4 is 10.6 Å². The Morgan fingerprint density at radius 3 is 2.53 bits per heavy atom. The molecule has 1 saturated heterocycles. The second-order valence-electron chi connectivity index (χ2n) is 4.49. The molecule has 7 heteroatoms. The molecule has 1 heterocycles. The van der Waals surface area contributed by atoms with E-state index in [1.807, 2.05) is 0 Å². The number of hydrogen-bond acceptors (Lipinski definition) is 3. The number of aliphatic hydroxyl groups excluding tert-OH is 1. The van der Waals surface area contributed by atoms with Gasteiger partial charge in [0.2, 0.25) is 0 Å². The van der Waals surface area contributed by atoms with E-state index >= 15 is 0 Å². The molecular formula is C12H15Cl2N3O2. The summed E-state index contributed by atoms with van der Waals surface area (Å²) in [7, 11) is 1.64. The number of urea groups is 1. The molecule has 0 saturated carbocycles. The maximum absolute atomic E-state index is 12.1. The van der Waals surface area contributed by atoms with Crippen molar-refractivity contribution >= 4 is 34.9 Å². The van der Waals surface area contributed by atoms with Gasteiger partial charge in [-0.25, -0.2) is 4.79 Å². The molecule has 1 aliphatic heterocycles. The predicted octanol–water partition coefficient (Wildman–Crippen LogP) is 1.79. The van der Waals surface area contributed by atoms with Crippen LogP contribution >= 0.6 is 23.2 Å². The van der Waals surface area contributed by atoms with E-state index in [2.05, 4.69) is 10.6 Å². The molecule has 1 aromatic rings. The predicted molar refractivity (Wildman–Crippen MR) is 75.9 cm³/mol. The van der Waals surface area contributed by atoms with Crippen molar-refractivity contribution in [1.29, 1.82) is 0 Å². The number of nitrogens with zero attached hydrogens (tertiary/aromatic N) is 1. The van der Waals surface area contributed by atoms with Crippen molar-refractivity contribution in [1.82, 2.24) is 10.2 Å². The van der Waals surface area contributed by atoms with Crippen LogP contribution in [0.4, 0.5) is 10.5 Å². The first-order valence-electron chi connectivity index (χ1n) is 5.86. The lowest BCUT2D eigenvalue weighted by atomic mass is 10.2. The van der Waals surface area contributed by atoms with Gasteiger partial charge in [-0.05, 0) is 18.2 Å². The molecule has 0 aromatic heterocycles. The van der Waals surface area contributed by atoms with Gasteiger partial charge >= 0.3 is 6.03 Å². The highest BCUT2D eigenvalue weighted by Crippen LogP contribution is 2.23. The molecule has 0 spiro atoms. The molecule has 2 amide bonds. The van der Waals surface area contributed by atoms with Crippen molar-refractivity contribution in [3.8, 4) is 0 Å². The Hall–Kier alpha value is -1.01. The number of amides is 2. The first-order valence-corrected chi connectivity index (χ1v) is 6.61. The Kier molecular flexibility index (Phi) is 4.52. The number of benzene rings is 1. The Morgan fingerprint density at radius 1 is 1.37 bits per heavy atom. The fraction of sp³-hybridized carbons (Fsp3) is 0.417. The molecule has 0 bridgehead atoms. The SMILES string of the molecule is CN(C(=O)Nc1cc(Cl)cc(Cl)c1)[C@@H]1CNC[C@H]1O. The van der Waals surface area contributed by atoms with Gasteiger partial charge in [0.25, 0.3) is 0 Å². The van der Waals surface area contributed by atoms with Crippen molar-refractivity contribution < 1.29 is 9.90 Å². The first kappa shape index (κ1) is 14.4. The molecule has 2 rings (SSSR count). The van der Waals surface area contributed by atoms with Gasteiger partial charge in [0.05, 0.1) is 12.1 Å². The highest BCUT2D eigenvalue weighted by atomic mass is 35.5. The lowest BCUT2D eigenvalue weighted by Gasteiger charge is -2.26. The van der Waals surface area contributed by atoms with Crippen LogP contribution in [0.3, 0.4) is 0 Å². The monoisotopic (exact) mass is 303 g/mol. The molecular weight excluding hydrogens is 289 g/mol. The summed E-state index contributed by atoms with van der Waals surface area (Å²) < 4.78 is 0. The van der Waals surface area contributed by atoms with Crippen molar-refractivity contribution in [3.05, 3.63) is 28.2 Å². The number of β-amino-alcohol motifs (C(OH)–C–C–N with tert-alkyl or cyclic N) is 1. The fourth-order valence-corrected chi connectivity index (χ4v) is 2.56. The van der Waals surface area contributed by atoms with Crippen LogP contribution in [0, 0.1) is 0 Å². The number of nitrogens with one attached hydrogen (secondary N) is 2. The van der Waals surface area contributed by atoms with Crippen LogP contribution in [-0.2, 0) is 0 Å². The lowest BCUT2D eigenvalue weighted by molar-refractivity contribution is 0.115. The van der Waals surface area contributed by atoms with Crippen LogP contribution in [0.5, 0.6) is 0 Å². The normalized spacial score (nSPS) is 22.3. The Labute approximate surface area is 121 Å². The summed E-state index contributed by atoms with van der Waals surface area (Å²) in [4.78, 5) is 13.5. The van der Waals surface area contributed by atoms with Gasteiger partial charge in [-0.15, -0.1) is 0 Å². The summed E-state index contributed by atoms with van der Waals surface area (Å²) in [6, 6.07) is 4.26. The topological polar surface area (TPSA) is 64.6 Å². The van der Waals surface area contributed by atoms with Gasteiger partial charge in [-0.3, -0.25) is 0 Å². The Balaban J connectivity index is 2.04. The van der Waals surface area contributed by atoms with Crippen molar-refractivity contribution in [2.45, 2.75) is 12.1 Å². The summed E-state index contributed by atoms with van der Waals surface area (Å²) >= 11 is 11.7. The van der Waals surface area contributed by atoms with E-state index in [1.165, 1.54) is 4.90 Å². The fourth-order valence-electron chi connectivity index (χ4n) is 2.03. The zero-order valence-corrected chi connectivity index (χ0v) is 11.9. The standard InChI is InChI=1S/C12H15Cl2N3O2/c1-17(10-5-15-6-11(10)18)12(19)16-9-3-7(13)2-8(14)4-9/h2-4,10-11,15,18H,5-6H2,1H3,(H,16,19)/t10-,11-/m1/s1. The molecule has 2 atom stereocenters. The molecule has 19 heavy (non-hydrogen) atoms. The number of carbonyl (C=O) groups excluding carboxylic acids is 1. The molecule has 3 N–H and O–H groups in total. The minimum Gasteiger partial charge on any atom is -0.390 e. The van der Waals surface area contributed by atoms with E-state index in [4.69, 9.17) is 23.2 Å². The minimum atomic E-state index is -0.557. The first-order chi connectivity index (χ1) is 8.97. The molecule has 0 unspecified atom stereocenters. The van der Waals surface area contributed by atoms with Gasteiger partial charge in [0.15, 0.2) is 0 Å². The van der Waals surface area contributed by atoms with E-state index in [9.17, 15) is 9.90 Å². The molecule has 1 aromatic carbocycles. The number of aliphatic hydroxyl groups is 1. The van der Waals surface area contributed by atoms with E-state index < -0.39 is 6.10 Å². The Bertz CT molecular complexity index is 464. The summed E-state index contributed by atoms with van der Waals surface area (Å²) in [6.45, 7) is 1.06. The van der Waals surface area contributed by atoms with E-state index in [0.29, 0.717) is 28.8 Å². The van der Waals surface area contributed by atoms with Gasteiger partial charge in [-0.1, -0.05) is 23.2 Å². The van der Waals surface area contributed by atoms with Crippen LogP contribution in [0.2, 0.25) is 10.0 Å². The van der Waals surface area contributed by atoms with Crippen LogP contribution in [0.25, 0.3) is 0 Å². The zero-order valence-electron chi connectivity index (χ0n) is 10.4. The molecule has 104 valence electrons. The highest BCUT2D eigenvalue weighted by Gasteiger charge is 2.31. The highest BCUT2D eigenvalue weighted by molar-refractivity contribution is 6.35. The smallest absolute Gasteiger partial charge is 0.321 e. The number of hydrogen-bond donors (Lipinski definition) is 3. The van der Waals surface area contributed by atoms with Crippen molar-refractivity contribution in [3.63, 3.8) is 0 Å². The number of rotatable bonds is 2. The summed E-state index contributed by atoms with van der Waals surface area (Å²) in [5, 5.41) is 16.4. The average Bonchev–Trinajstić information content (AvgIpc) is 2.73. The van der Waals surface area contributed by atoms with Crippen LogP contribution in [-0.4, -0.2) is 48.3 Å². The average molecular weight is 304 g/mol. The van der Waals surface area contributed by atoms with Gasteiger partial charge < -0.3 is 20.6 Å². The maximum atomic E-state index is 12.1. The van der Waals surface area contributed by atoms with Crippen molar-refractivity contribution in [2.24, 2.45) is 0 Å². The van der Waals surface area contributed by atoms with Gasteiger partial charge in [-0.2, -0.15) is 0 Å². The third-order valence-electron chi connectivity index (χ3n) is 3.08. The van der Waals surface area contributed by atoms with E-state index in [0.717, 1.165) is 0 Å². The van der Waals surface area contributed by atoms with Gasteiger partial charge in [0.1, 0.15) is 0 Å². The molecule has 1 aliphatic rings. The zero-order chi connectivity index (χ0) is 14.0. The summed E-state index contributed by atoms with van der Waals surface area (Å²) in [5.74, 6) is 0. The number of anilines is 1. The minimum absolute atomic E-state index is 0.241.